The summed E-state index contributed by atoms with van der Waals surface area (Å²) in [6.07, 6.45) is 1.78. The third kappa shape index (κ3) is 7.53. The lowest BCUT2D eigenvalue weighted by atomic mass is 10.1. The first-order chi connectivity index (χ1) is 18.8. The Bertz CT molecular complexity index is 1360. The number of carbonyl (C=O) groups is 2. The van der Waals surface area contributed by atoms with Gasteiger partial charge in [-0.25, -0.2) is 13.2 Å². The summed E-state index contributed by atoms with van der Waals surface area (Å²) in [5.41, 5.74) is 3.63. The minimum absolute atomic E-state index is 0.241. The van der Waals surface area contributed by atoms with Crippen LogP contribution in [0.2, 0.25) is 0 Å². The monoisotopic (exact) mass is 549 g/mol. The van der Waals surface area contributed by atoms with Gasteiger partial charge in [-0.1, -0.05) is 43.2 Å². The SMILES string of the molecule is CCCCOC(=O)c1ccc(NC(=O)c2ccc(CN3CCN(S(=O)(=O)c4ccc(C)cc4)CC3)cc2)cc1. The van der Waals surface area contributed by atoms with Crippen molar-refractivity contribution in [3.63, 3.8) is 0 Å². The van der Waals surface area contributed by atoms with E-state index in [0.717, 1.165) is 24.0 Å². The molecule has 1 aliphatic rings. The fraction of sp³-hybridized carbons (Fsp3) is 0.333. The van der Waals surface area contributed by atoms with Crippen molar-refractivity contribution >= 4 is 27.6 Å². The molecule has 1 N–H and O–H groups in total. The highest BCUT2D eigenvalue weighted by Crippen LogP contribution is 2.19. The number of hydrogen-bond donors (Lipinski definition) is 1. The van der Waals surface area contributed by atoms with Crippen LogP contribution in [0.3, 0.4) is 0 Å². The maximum absolute atomic E-state index is 12.9. The molecule has 39 heavy (non-hydrogen) atoms. The highest BCUT2D eigenvalue weighted by molar-refractivity contribution is 7.89. The smallest absolute Gasteiger partial charge is 0.338 e. The second-order valence-corrected chi connectivity index (χ2v) is 11.6. The number of rotatable bonds is 10. The first-order valence-corrected chi connectivity index (χ1v) is 14.7. The summed E-state index contributed by atoms with van der Waals surface area (Å²) in [6.45, 7) is 7.18. The molecular formula is C30H35N3O5S. The summed E-state index contributed by atoms with van der Waals surface area (Å²) in [7, 11) is -3.49. The van der Waals surface area contributed by atoms with Gasteiger partial charge in [-0.2, -0.15) is 4.31 Å². The van der Waals surface area contributed by atoms with E-state index in [1.54, 1.807) is 52.8 Å². The van der Waals surface area contributed by atoms with Gasteiger partial charge in [0.25, 0.3) is 5.91 Å². The molecule has 1 heterocycles. The number of anilines is 1. The van der Waals surface area contributed by atoms with Crippen LogP contribution < -0.4 is 5.32 Å². The van der Waals surface area contributed by atoms with Crippen molar-refractivity contribution in [1.82, 2.24) is 9.21 Å². The zero-order valence-corrected chi connectivity index (χ0v) is 23.2. The van der Waals surface area contributed by atoms with E-state index in [-0.39, 0.29) is 11.9 Å². The first-order valence-electron chi connectivity index (χ1n) is 13.2. The quantitative estimate of drug-likeness (QED) is 0.291. The van der Waals surface area contributed by atoms with Gasteiger partial charge < -0.3 is 10.1 Å². The number of amides is 1. The Morgan fingerprint density at radius 2 is 1.46 bits per heavy atom. The van der Waals surface area contributed by atoms with E-state index in [0.29, 0.717) is 61.0 Å². The molecule has 1 amide bonds. The van der Waals surface area contributed by atoms with Crippen LogP contribution in [-0.2, 0) is 21.3 Å². The van der Waals surface area contributed by atoms with E-state index in [1.165, 1.54) is 0 Å². The molecule has 0 aliphatic carbocycles. The molecule has 8 nitrogen and oxygen atoms in total. The van der Waals surface area contributed by atoms with Crippen LogP contribution >= 0.6 is 0 Å². The molecule has 4 rings (SSSR count). The second kappa shape index (κ2) is 13.0. The predicted molar refractivity (Wildman–Crippen MR) is 151 cm³/mol. The van der Waals surface area contributed by atoms with Crippen LogP contribution in [0.25, 0.3) is 0 Å². The Labute approximate surface area is 230 Å². The Balaban J connectivity index is 1.26. The van der Waals surface area contributed by atoms with Gasteiger partial charge in [0.2, 0.25) is 10.0 Å². The lowest BCUT2D eigenvalue weighted by Gasteiger charge is -2.34. The van der Waals surface area contributed by atoms with E-state index in [4.69, 9.17) is 4.74 Å². The molecule has 0 aromatic heterocycles. The molecule has 1 fully saturated rings. The third-order valence-corrected chi connectivity index (χ3v) is 8.63. The van der Waals surface area contributed by atoms with Gasteiger partial charge in [0, 0.05) is 44.0 Å². The normalized spacial score (nSPS) is 14.6. The van der Waals surface area contributed by atoms with Crippen LogP contribution in [0.15, 0.2) is 77.7 Å². The summed E-state index contributed by atoms with van der Waals surface area (Å²) >= 11 is 0. The fourth-order valence-corrected chi connectivity index (χ4v) is 5.71. The number of nitrogens with one attached hydrogen (secondary N) is 1. The summed E-state index contributed by atoms with van der Waals surface area (Å²) in [6, 6.07) is 21.0. The van der Waals surface area contributed by atoms with Gasteiger partial charge in [-0.3, -0.25) is 9.69 Å². The average Bonchev–Trinajstić information content (AvgIpc) is 2.94. The van der Waals surface area contributed by atoms with E-state index >= 15 is 0 Å². The van der Waals surface area contributed by atoms with Gasteiger partial charge >= 0.3 is 5.97 Å². The van der Waals surface area contributed by atoms with Crippen molar-refractivity contribution in [3.8, 4) is 0 Å². The van der Waals surface area contributed by atoms with Crippen molar-refractivity contribution in [3.05, 3.63) is 95.1 Å². The number of piperazine rings is 1. The van der Waals surface area contributed by atoms with E-state index in [9.17, 15) is 18.0 Å². The Hall–Kier alpha value is -3.53. The molecule has 3 aromatic carbocycles. The molecular weight excluding hydrogens is 514 g/mol. The Morgan fingerprint density at radius 3 is 2.08 bits per heavy atom. The standard InChI is InChI=1S/C30H35N3O5S/c1-3-4-21-38-30(35)26-11-13-27(14-12-26)31-29(34)25-9-7-24(8-10-25)22-32-17-19-33(20-18-32)39(36,37)28-15-5-23(2)6-16-28/h5-16H,3-4,17-22H2,1-2H3,(H,31,34). The number of unbranched alkanes of at least 4 members (excludes halogenated alkanes) is 1. The van der Waals surface area contributed by atoms with Crippen LogP contribution in [0, 0.1) is 6.92 Å². The molecule has 3 aromatic rings. The summed E-state index contributed by atoms with van der Waals surface area (Å²) in [4.78, 5) is 27.3. The van der Waals surface area contributed by atoms with Crippen LogP contribution in [0.4, 0.5) is 5.69 Å². The van der Waals surface area contributed by atoms with Crippen LogP contribution in [-0.4, -0.2) is 62.3 Å². The van der Waals surface area contributed by atoms with Gasteiger partial charge in [-0.15, -0.1) is 0 Å². The summed E-state index contributed by atoms with van der Waals surface area (Å²) in [5, 5.41) is 2.85. The molecule has 1 saturated heterocycles. The Kier molecular flexibility index (Phi) is 9.50. The third-order valence-electron chi connectivity index (χ3n) is 6.72. The van der Waals surface area contributed by atoms with Gasteiger partial charge in [0.05, 0.1) is 17.1 Å². The van der Waals surface area contributed by atoms with Crippen molar-refractivity contribution in [1.29, 1.82) is 0 Å². The number of nitrogens with zero attached hydrogens (tertiary/aromatic N) is 2. The van der Waals surface area contributed by atoms with Crippen LogP contribution in [0.5, 0.6) is 0 Å². The maximum atomic E-state index is 12.9. The fourth-order valence-electron chi connectivity index (χ4n) is 4.29. The van der Waals surface area contributed by atoms with E-state index < -0.39 is 10.0 Å². The molecule has 206 valence electrons. The zero-order valence-electron chi connectivity index (χ0n) is 22.4. The minimum atomic E-state index is -3.49. The first kappa shape index (κ1) is 28.5. The number of benzene rings is 3. The highest BCUT2D eigenvalue weighted by atomic mass is 32.2. The molecule has 1 aliphatic heterocycles. The molecule has 0 unspecified atom stereocenters. The molecule has 9 heteroatoms. The lowest BCUT2D eigenvalue weighted by molar-refractivity contribution is 0.0499. The maximum Gasteiger partial charge on any atom is 0.338 e. The topological polar surface area (TPSA) is 96.0 Å². The molecule has 0 bridgehead atoms. The number of sulfonamides is 1. The highest BCUT2D eigenvalue weighted by Gasteiger charge is 2.28. The predicted octanol–water partition coefficient (Wildman–Crippen LogP) is 4.71. The van der Waals surface area contributed by atoms with Gasteiger partial charge in [0.1, 0.15) is 0 Å². The molecule has 0 spiro atoms. The summed E-state index contributed by atoms with van der Waals surface area (Å²) in [5.74, 6) is -0.610. The van der Waals surface area contributed by atoms with Crippen molar-refractivity contribution in [2.45, 2.75) is 38.1 Å². The number of ether oxygens (including phenoxy) is 1. The molecule has 0 atom stereocenters. The lowest BCUT2D eigenvalue weighted by Crippen LogP contribution is -2.48. The van der Waals surface area contributed by atoms with Gasteiger partial charge in [-0.05, 0) is 67.4 Å². The largest absolute Gasteiger partial charge is 0.462 e. The molecule has 0 radical (unpaired) electrons. The van der Waals surface area contributed by atoms with E-state index in [2.05, 4.69) is 10.2 Å². The van der Waals surface area contributed by atoms with Crippen molar-refractivity contribution in [2.75, 3.05) is 38.1 Å². The van der Waals surface area contributed by atoms with Crippen molar-refractivity contribution < 1.29 is 22.7 Å². The van der Waals surface area contributed by atoms with Gasteiger partial charge in [0.15, 0.2) is 0 Å². The Morgan fingerprint density at radius 1 is 0.846 bits per heavy atom. The average molecular weight is 550 g/mol. The van der Waals surface area contributed by atoms with E-state index in [1.807, 2.05) is 38.1 Å². The number of aryl methyl sites for hydroxylation is 1. The number of esters is 1. The van der Waals surface area contributed by atoms with Crippen LogP contribution in [0.1, 0.15) is 51.6 Å². The summed E-state index contributed by atoms with van der Waals surface area (Å²) < 4.78 is 32.6. The second-order valence-electron chi connectivity index (χ2n) is 9.71. The number of carbonyl (C=O) groups excluding carboxylic acids is 2. The number of hydrogen-bond acceptors (Lipinski definition) is 6. The zero-order chi connectivity index (χ0) is 27.8. The molecule has 0 saturated carbocycles. The minimum Gasteiger partial charge on any atom is -0.462 e. The van der Waals surface area contributed by atoms with Crippen molar-refractivity contribution in [2.24, 2.45) is 0 Å².